The molecule has 3 aliphatic rings. The van der Waals surface area contributed by atoms with Gasteiger partial charge in [0.25, 0.3) is 5.91 Å². The van der Waals surface area contributed by atoms with Crippen LogP contribution in [0.25, 0.3) is 0 Å². The maximum absolute atomic E-state index is 14.9. The third-order valence-electron chi connectivity index (χ3n) is 9.31. The monoisotopic (exact) mass is 729 g/mol. The summed E-state index contributed by atoms with van der Waals surface area (Å²) < 4.78 is 4.72. The van der Waals surface area contributed by atoms with E-state index in [1.54, 1.807) is 62.9 Å². The SMILES string of the molecule is C=CCN(C(=O)C1N([C@@H](CO)C(C)C)C(=O)[C@@H]2[C@H](C(=O)N(CC=C)c3ccc(OCC)cc3)[C@H]3SC12CC3Br)c1ccc(Cl)cc1. The lowest BCUT2D eigenvalue weighted by Gasteiger charge is -2.41. The number of thioether (sulfide) groups is 1. The van der Waals surface area contributed by atoms with Crippen molar-refractivity contribution in [2.45, 2.75) is 54.1 Å². The van der Waals surface area contributed by atoms with E-state index in [-0.39, 0.29) is 53.4 Å². The summed E-state index contributed by atoms with van der Waals surface area (Å²) in [6.45, 7) is 14.2. The normalized spacial score (nSPS) is 27.0. The topological polar surface area (TPSA) is 90.4 Å². The Kier molecular flexibility index (Phi) is 10.6. The highest BCUT2D eigenvalue weighted by Crippen LogP contribution is 2.68. The summed E-state index contributed by atoms with van der Waals surface area (Å²) in [6, 6.07) is 12.8. The average Bonchev–Trinajstić information content (AvgIpc) is 3.63. The average molecular weight is 731 g/mol. The lowest BCUT2D eigenvalue weighted by atomic mass is 9.70. The number of halogens is 2. The van der Waals surface area contributed by atoms with Crippen molar-refractivity contribution in [3.05, 3.63) is 78.9 Å². The Morgan fingerprint density at radius 2 is 1.65 bits per heavy atom. The predicted octanol–water partition coefficient (Wildman–Crippen LogP) is 5.96. The third-order valence-corrected chi connectivity index (χ3v) is 12.8. The molecule has 7 atom stereocenters. The van der Waals surface area contributed by atoms with Crippen molar-refractivity contribution >= 4 is 68.4 Å². The number of aliphatic hydroxyl groups is 1. The number of amides is 3. The molecule has 1 spiro atoms. The molecule has 3 heterocycles. The van der Waals surface area contributed by atoms with E-state index in [4.69, 9.17) is 16.3 Å². The van der Waals surface area contributed by atoms with Crippen LogP contribution >= 0.6 is 39.3 Å². The fraction of sp³-hybridized carbons (Fsp3) is 0.457. The summed E-state index contributed by atoms with van der Waals surface area (Å²) >= 11 is 11.6. The van der Waals surface area contributed by atoms with Crippen molar-refractivity contribution in [1.29, 1.82) is 0 Å². The number of fused-ring (bicyclic) bond motifs is 1. The van der Waals surface area contributed by atoms with E-state index in [2.05, 4.69) is 29.1 Å². The van der Waals surface area contributed by atoms with Gasteiger partial charge >= 0.3 is 0 Å². The van der Waals surface area contributed by atoms with Crippen LogP contribution in [-0.2, 0) is 14.4 Å². The van der Waals surface area contributed by atoms with Crippen LogP contribution < -0.4 is 14.5 Å². The number of hydrogen-bond donors (Lipinski definition) is 1. The number of alkyl halides is 1. The molecule has 11 heteroatoms. The zero-order valence-corrected chi connectivity index (χ0v) is 29.5. The number of likely N-dealkylation sites (tertiary alicyclic amines) is 1. The van der Waals surface area contributed by atoms with Gasteiger partial charge in [-0.15, -0.1) is 24.9 Å². The van der Waals surface area contributed by atoms with E-state index < -0.39 is 28.7 Å². The van der Waals surface area contributed by atoms with Crippen LogP contribution in [0.4, 0.5) is 11.4 Å². The molecule has 3 fully saturated rings. The molecule has 0 aromatic heterocycles. The van der Waals surface area contributed by atoms with Gasteiger partial charge < -0.3 is 24.5 Å². The first-order valence-electron chi connectivity index (χ1n) is 15.6. The van der Waals surface area contributed by atoms with Crippen LogP contribution in [0.15, 0.2) is 73.8 Å². The Labute approximate surface area is 288 Å². The van der Waals surface area contributed by atoms with Crippen LogP contribution in [0.5, 0.6) is 5.75 Å². The minimum Gasteiger partial charge on any atom is -0.494 e. The van der Waals surface area contributed by atoms with Crippen molar-refractivity contribution in [1.82, 2.24) is 4.90 Å². The molecule has 5 rings (SSSR count). The van der Waals surface area contributed by atoms with Crippen LogP contribution in [0.3, 0.4) is 0 Å². The van der Waals surface area contributed by atoms with Gasteiger partial charge in [-0.2, -0.15) is 0 Å². The highest BCUT2D eigenvalue weighted by Gasteiger charge is 2.76. The number of anilines is 2. The minimum absolute atomic E-state index is 0.105. The molecule has 246 valence electrons. The number of nitrogens with zero attached hydrogens (tertiary/aromatic N) is 3. The van der Waals surface area contributed by atoms with Gasteiger partial charge in [0.2, 0.25) is 11.8 Å². The molecule has 0 aliphatic carbocycles. The Morgan fingerprint density at radius 1 is 1.09 bits per heavy atom. The second kappa shape index (κ2) is 14.1. The molecule has 46 heavy (non-hydrogen) atoms. The first kappa shape index (κ1) is 34.5. The molecule has 3 saturated heterocycles. The fourth-order valence-corrected chi connectivity index (χ4v) is 11.1. The Bertz CT molecular complexity index is 1470. The number of benzene rings is 2. The quantitative estimate of drug-likeness (QED) is 0.202. The number of hydrogen-bond acceptors (Lipinski definition) is 6. The van der Waals surface area contributed by atoms with Crippen LogP contribution in [0, 0.1) is 17.8 Å². The number of carbonyl (C=O) groups is 3. The van der Waals surface area contributed by atoms with Gasteiger partial charge in [-0.1, -0.05) is 53.5 Å². The zero-order chi connectivity index (χ0) is 33.3. The van der Waals surface area contributed by atoms with E-state index in [0.717, 1.165) is 0 Å². The number of carbonyl (C=O) groups excluding carboxylic acids is 3. The Morgan fingerprint density at radius 3 is 2.17 bits per heavy atom. The Hall–Kier alpha value is -2.79. The lowest BCUT2D eigenvalue weighted by Crippen LogP contribution is -2.59. The maximum atomic E-state index is 14.9. The highest BCUT2D eigenvalue weighted by atomic mass is 79.9. The van der Waals surface area contributed by atoms with Crippen molar-refractivity contribution in [2.24, 2.45) is 17.8 Å². The summed E-state index contributed by atoms with van der Waals surface area (Å²) in [5, 5.41) is 10.9. The summed E-state index contributed by atoms with van der Waals surface area (Å²) in [6.07, 6.45) is 3.85. The van der Waals surface area contributed by atoms with Crippen LogP contribution in [0.1, 0.15) is 27.2 Å². The molecule has 8 nitrogen and oxygen atoms in total. The highest BCUT2D eigenvalue weighted by molar-refractivity contribution is 9.09. The molecule has 3 aliphatic heterocycles. The molecule has 2 bridgehead atoms. The van der Waals surface area contributed by atoms with E-state index in [0.29, 0.717) is 35.2 Å². The second-order valence-electron chi connectivity index (χ2n) is 12.3. The smallest absolute Gasteiger partial charge is 0.251 e. The molecule has 0 radical (unpaired) electrons. The van der Waals surface area contributed by atoms with E-state index >= 15 is 0 Å². The summed E-state index contributed by atoms with van der Waals surface area (Å²) in [5.41, 5.74) is 1.30. The second-order valence-corrected chi connectivity index (χ2v) is 15.4. The molecule has 3 amide bonds. The lowest BCUT2D eigenvalue weighted by molar-refractivity contribution is -0.142. The number of aliphatic hydroxyl groups excluding tert-OH is 1. The fourth-order valence-electron chi connectivity index (χ4n) is 7.35. The minimum atomic E-state index is -0.911. The number of rotatable bonds is 13. The largest absolute Gasteiger partial charge is 0.494 e. The molecule has 2 aromatic rings. The summed E-state index contributed by atoms with van der Waals surface area (Å²) in [7, 11) is 0. The van der Waals surface area contributed by atoms with Gasteiger partial charge in [-0.25, -0.2) is 0 Å². The molecule has 0 saturated carbocycles. The van der Waals surface area contributed by atoms with Crippen molar-refractivity contribution < 1.29 is 24.2 Å². The van der Waals surface area contributed by atoms with Crippen molar-refractivity contribution in [3.63, 3.8) is 0 Å². The van der Waals surface area contributed by atoms with E-state index in [1.807, 2.05) is 45.0 Å². The van der Waals surface area contributed by atoms with Crippen LogP contribution in [0.2, 0.25) is 5.02 Å². The third kappa shape index (κ3) is 5.91. The van der Waals surface area contributed by atoms with Crippen LogP contribution in [-0.4, -0.2) is 80.9 Å². The van der Waals surface area contributed by atoms with Gasteiger partial charge in [0.05, 0.1) is 35.8 Å². The Balaban J connectivity index is 1.60. The van der Waals surface area contributed by atoms with Crippen molar-refractivity contribution in [3.8, 4) is 5.75 Å². The first-order valence-corrected chi connectivity index (χ1v) is 17.8. The van der Waals surface area contributed by atoms with Gasteiger partial charge in [0.15, 0.2) is 0 Å². The maximum Gasteiger partial charge on any atom is 0.251 e. The number of ether oxygens (including phenoxy) is 1. The zero-order valence-electron chi connectivity index (χ0n) is 26.4. The molecule has 1 N–H and O–H groups in total. The van der Waals surface area contributed by atoms with Crippen molar-refractivity contribution in [2.75, 3.05) is 36.1 Å². The van der Waals surface area contributed by atoms with E-state index in [1.165, 1.54) is 0 Å². The first-order chi connectivity index (χ1) is 22.0. The summed E-state index contributed by atoms with van der Waals surface area (Å²) in [4.78, 5) is 49.1. The predicted molar refractivity (Wildman–Crippen MR) is 189 cm³/mol. The van der Waals surface area contributed by atoms with Gasteiger partial charge in [-0.3, -0.25) is 14.4 Å². The summed E-state index contributed by atoms with van der Waals surface area (Å²) in [5.74, 6) is -1.62. The van der Waals surface area contributed by atoms with Gasteiger partial charge in [0, 0.05) is 39.6 Å². The standard InChI is InChI=1S/C35H41BrClN3O5S/c1-6-17-38(24-13-15-25(16-14-24)45-8-3)32(42)28-29-33(43)40(27(20-41)21(4)5)31(35(29)19-26(36)30(28)46-35)34(44)39(18-7-2)23-11-9-22(37)10-12-23/h6-7,9-16,21,26-31,41H,1-2,8,17-20H2,3-5H3/t26?,27-,28-,29-,30-,31?,35?/m0/s1. The molecule has 3 unspecified atom stereocenters. The molecular formula is C35H41BrClN3O5S. The van der Waals surface area contributed by atoms with Gasteiger partial charge in [0.1, 0.15) is 11.8 Å². The van der Waals surface area contributed by atoms with E-state index in [9.17, 15) is 19.5 Å². The molecule has 2 aromatic carbocycles. The van der Waals surface area contributed by atoms with Gasteiger partial charge in [-0.05, 0) is 67.8 Å². The molecular weight excluding hydrogens is 690 g/mol.